The molecule has 0 spiro atoms. The van der Waals surface area contributed by atoms with Gasteiger partial charge in [-0.2, -0.15) is 0 Å². The normalized spacial score (nSPS) is 10.3. The van der Waals surface area contributed by atoms with Crippen LogP contribution in [0.4, 0.5) is 10.1 Å². The minimum absolute atomic E-state index is 0.0234. The van der Waals surface area contributed by atoms with Crippen LogP contribution in [0.1, 0.15) is 15.9 Å². The van der Waals surface area contributed by atoms with Gasteiger partial charge in [-0.05, 0) is 30.3 Å². The second kappa shape index (κ2) is 6.40. The van der Waals surface area contributed by atoms with Crippen molar-refractivity contribution >= 4 is 23.2 Å². The second-order valence-corrected chi connectivity index (χ2v) is 4.74. The molecular formula is C14H10ClFN2O4. The maximum atomic E-state index is 12.9. The summed E-state index contributed by atoms with van der Waals surface area (Å²) in [5.41, 5.74) is 5.04. The number of hydrogen-bond acceptors (Lipinski definition) is 4. The van der Waals surface area contributed by atoms with Gasteiger partial charge in [-0.25, -0.2) is 4.39 Å². The van der Waals surface area contributed by atoms with E-state index in [1.54, 1.807) is 0 Å². The third kappa shape index (κ3) is 3.50. The SMILES string of the molecule is NC(=O)c1ccc(COc2ccc(F)cc2Cl)c([N+](=O)[O-])c1. The molecule has 2 aromatic carbocycles. The Kier molecular flexibility index (Phi) is 4.57. The van der Waals surface area contributed by atoms with Crippen molar-refractivity contribution in [1.82, 2.24) is 0 Å². The summed E-state index contributed by atoms with van der Waals surface area (Å²) in [5.74, 6) is -1.09. The van der Waals surface area contributed by atoms with Gasteiger partial charge >= 0.3 is 0 Å². The average Bonchev–Trinajstić information content (AvgIpc) is 2.46. The van der Waals surface area contributed by atoms with Gasteiger partial charge in [0, 0.05) is 11.6 Å². The molecule has 114 valence electrons. The van der Waals surface area contributed by atoms with Gasteiger partial charge in [0.1, 0.15) is 18.2 Å². The molecule has 8 heteroatoms. The van der Waals surface area contributed by atoms with Crippen molar-refractivity contribution in [3.8, 4) is 5.75 Å². The van der Waals surface area contributed by atoms with Gasteiger partial charge in [0.15, 0.2) is 0 Å². The van der Waals surface area contributed by atoms with Crippen LogP contribution in [-0.2, 0) is 6.61 Å². The molecule has 1 amide bonds. The molecule has 0 aliphatic carbocycles. The predicted molar refractivity (Wildman–Crippen MR) is 77.4 cm³/mol. The highest BCUT2D eigenvalue weighted by molar-refractivity contribution is 6.32. The van der Waals surface area contributed by atoms with Crippen molar-refractivity contribution in [2.24, 2.45) is 5.73 Å². The van der Waals surface area contributed by atoms with E-state index in [2.05, 4.69) is 0 Å². The Bertz CT molecular complexity index is 752. The van der Waals surface area contributed by atoms with Crippen molar-refractivity contribution in [3.63, 3.8) is 0 Å². The Morgan fingerprint density at radius 3 is 2.64 bits per heavy atom. The quantitative estimate of drug-likeness (QED) is 0.675. The standard InChI is InChI=1S/C14H10ClFN2O4/c15-11-6-10(16)3-4-13(11)22-7-9-2-1-8(14(17)19)5-12(9)18(20)21/h1-6H,7H2,(H2,17,19). The third-order valence-electron chi connectivity index (χ3n) is 2.84. The first-order valence-corrected chi connectivity index (χ1v) is 6.41. The number of nitro groups is 1. The van der Waals surface area contributed by atoms with Crippen LogP contribution in [0, 0.1) is 15.9 Å². The van der Waals surface area contributed by atoms with Gasteiger partial charge < -0.3 is 10.5 Å². The molecule has 6 nitrogen and oxygen atoms in total. The van der Waals surface area contributed by atoms with Crippen molar-refractivity contribution in [2.45, 2.75) is 6.61 Å². The van der Waals surface area contributed by atoms with Gasteiger partial charge in [0.05, 0.1) is 15.5 Å². The largest absolute Gasteiger partial charge is 0.487 e. The first kappa shape index (κ1) is 15.7. The minimum atomic E-state index is -0.767. The lowest BCUT2D eigenvalue weighted by Crippen LogP contribution is -2.12. The molecule has 0 saturated heterocycles. The number of amides is 1. The highest BCUT2D eigenvalue weighted by Crippen LogP contribution is 2.27. The summed E-state index contributed by atoms with van der Waals surface area (Å²) in [6.07, 6.45) is 0. The fraction of sp³-hybridized carbons (Fsp3) is 0.0714. The molecule has 22 heavy (non-hydrogen) atoms. The maximum Gasteiger partial charge on any atom is 0.276 e. The molecule has 0 bridgehead atoms. The lowest BCUT2D eigenvalue weighted by atomic mass is 10.1. The minimum Gasteiger partial charge on any atom is -0.487 e. The van der Waals surface area contributed by atoms with Crippen LogP contribution >= 0.6 is 11.6 Å². The van der Waals surface area contributed by atoms with Crippen LogP contribution in [0.25, 0.3) is 0 Å². The number of rotatable bonds is 5. The first-order chi connectivity index (χ1) is 10.4. The highest BCUT2D eigenvalue weighted by atomic mass is 35.5. The van der Waals surface area contributed by atoms with Crippen molar-refractivity contribution in [2.75, 3.05) is 0 Å². The van der Waals surface area contributed by atoms with Crippen molar-refractivity contribution in [3.05, 3.63) is 68.5 Å². The summed E-state index contributed by atoms with van der Waals surface area (Å²) < 4.78 is 18.3. The average molecular weight is 325 g/mol. The number of nitro benzene ring substituents is 1. The van der Waals surface area contributed by atoms with E-state index in [9.17, 15) is 19.3 Å². The van der Waals surface area contributed by atoms with Crippen LogP contribution in [0.3, 0.4) is 0 Å². The lowest BCUT2D eigenvalue weighted by Gasteiger charge is -2.09. The predicted octanol–water partition coefficient (Wildman–Crippen LogP) is 3.07. The highest BCUT2D eigenvalue weighted by Gasteiger charge is 2.17. The van der Waals surface area contributed by atoms with Gasteiger partial charge in [0.2, 0.25) is 5.91 Å². The summed E-state index contributed by atoms with van der Waals surface area (Å²) in [5, 5.41) is 11.1. The number of carbonyl (C=O) groups excluding carboxylic acids is 1. The van der Waals surface area contributed by atoms with Gasteiger partial charge in [-0.3, -0.25) is 14.9 Å². The molecule has 0 unspecified atom stereocenters. The molecular weight excluding hydrogens is 315 g/mol. The van der Waals surface area contributed by atoms with E-state index < -0.39 is 16.6 Å². The fourth-order valence-electron chi connectivity index (χ4n) is 1.76. The van der Waals surface area contributed by atoms with Crippen LogP contribution in [-0.4, -0.2) is 10.8 Å². The number of halogens is 2. The van der Waals surface area contributed by atoms with E-state index in [4.69, 9.17) is 22.1 Å². The molecule has 0 atom stereocenters. The third-order valence-corrected chi connectivity index (χ3v) is 3.14. The zero-order valence-electron chi connectivity index (χ0n) is 11.1. The Morgan fingerprint density at radius 1 is 1.32 bits per heavy atom. The van der Waals surface area contributed by atoms with Crippen LogP contribution in [0.5, 0.6) is 5.75 Å². The number of carbonyl (C=O) groups is 1. The van der Waals surface area contributed by atoms with Crippen LogP contribution in [0.15, 0.2) is 36.4 Å². The van der Waals surface area contributed by atoms with Crippen LogP contribution < -0.4 is 10.5 Å². The number of nitrogens with zero attached hydrogens (tertiary/aromatic N) is 1. The Hall–Kier alpha value is -2.67. The topological polar surface area (TPSA) is 95.5 Å². The van der Waals surface area contributed by atoms with E-state index in [0.717, 1.165) is 18.2 Å². The lowest BCUT2D eigenvalue weighted by molar-refractivity contribution is -0.385. The molecule has 0 aliphatic rings. The molecule has 0 fully saturated rings. The maximum absolute atomic E-state index is 12.9. The summed E-state index contributed by atoms with van der Waals surface area (Å²) in [6, 6.07) is 7.36. The van der Waals surface area contributed by atoms with Crippen LogP contribution in [0.2, 0.25) is 5.02 Å². The van der Waals surface area contributed by atoms with Gasteiger partial charge in [-0.15, -0.1) is 0 Å². The monoisotopic (exact) mass is 324 g/mol. The van der Waals surface area contributed by atoms with E-state index >= 15 is 0 Å². The zero-order chi connectivity index (χ0) is 16.3. The summed E-state index contributed by atoms with van der Waals surface area (Å²) >= 11 is 5.80. The second-order valence-electron chi connectivity index (χ2n) is 4.33. The van der Waals surface area contributed by atoms with E-state index in [1.165, 1.54) is 18.2 Å². The number of nitrogens with two attached hydrogens (primary N) is 1. The molecule has 2 N–H and O–H groups in total. The summed E-state index contributed by atoms with van der Waals surface area (Å²) in [4.78, 5) is 21.5. The zero-order valence-corrected chi connectivity index (χ0v) is 11.8. The summed E-state index contributed by atoms with van der Waals surface area (Å²) in [6.45, 7) is -0.166. The smallest absolute Gasteiger partial charge is 0.276 e. The summed E-state index contributed by atoms with van der Waals surface area (Å²) in [7, 11) is 0. The van der Waals surface area contributed by atoms with E-state index in [-0.39, 0.29) is 34.2 Å². The molecule has 0 aliphatic heterocycles. The Labute approximate surface area is 129 Å². The number of hydrogen-bond donors (Lipinski definition) is 1. The fourth-order valence-corrected chi connectivity index (χ4v) is 1.98. The molecule has 0 radical (unpaired) electrons. The number of ether oxygens (including phenoxy) is 1. The Morgan fingerprint density at radius 2 is 2.05 bits per heavy atom. The number of benzene rings is 2. The number of primary amides is 1. The van der Waals surface area contributed by atoms with Crippen molar-refractivity contribution < 1.29 is 18.8 Å². The van der Waals surface area contributed by atoms with Gasteiger partial charge in [0.25, 0.3) is 5.69 Å². The molecule has 0 aromatic heterocycles. The van der Waals surface area contributed by atoms with Crippen molar-refractivity contribution in [1.29, 1.82) is 0 Å². The van der Waals surface area contributed by atoms with Gasteiger partial charge in [-0.1, -0.05) is 11.6 Å². The molecule has 0 heterocycles. The molecule has 0 saturated carbocycles. The Balaban J connectivity index is 2.25. The molecule has 2 rings (SSSR count). The first-order valence-electron chi connectivity index (χ1n) is 6.03. The van der Waals surface area contributed by atoms with E-state index in [1.807, 2.05) is 0 Å². The van der Waals surface area contributed by atoms with E-state index in [0.29, 0.717) is 0 Å². The molecule has 2 aromatic rings.